The fourth-order valence-electron chi connectivity index (χ4n) is 3.08. The predicted octanol–water partition coefficient (Wildman–Crippen LogP) is 3.87. The van der Waals surface area contributed by atoms with Crippen LogP contribution in [0.1, 0.15) is 46.1 Å². The summed E-state index contributed by atoms with van der Waals surface area (Å²) in [5.41, 5.74) is 6.31. The Kier molecular flexibility index (Phi) is 4.22. The second kappa shape index (κ2) is 5.54. The number of benzene rings is 1. The maximum atomic E-state index is 14.1. The van der Waals surface area contributed by atoms with Crippen LogP contribution in [0.4, 0.5) is 14.9 Å². The number of hydrogen-bond donors (Lipinski definition) is 2. The van der Waals surface area contributed by atoms with Gasteiger partial charge in [-0.1, -0.05) is 13.8 Å². The number of anilines is 1. The Morgan fingerprint density at radius 1 is 1.41 bits per heavy atom. The van der Waals surface area contributed by atoms with Crippen molar-refractivity contribution in [1.29, 1.82) is 0 Å². The molecule has 1 aliphatic carbocycles. The monoisotopic (exact) mass is 308 g/mol. The van der Waals surface area contributed by atoms with Crippen molar-refractivity contribution < 1.29 is 13.9 Å². The van der Waals surface area contributed by atoms with E-state index in [2.05, 4.69) is 19.2 Å². The molecule has 3 N–H and O–H groups in total. The SMILES string of the molecule is CC(C)(C)OC(=O)Nc1ccc(F)c(C2C(CN)C2(C)C)c1. The third kappa shape index (κ3) is 3.40. The van der Waals surface area contributed by atoms with Gasteiger partial charge in [0.1, 0.15) is 11.4 Å². The van der Waals surface area contributed by atoms with Gasteiger partial charge in [0.05, 0.1) is 0 Å². The molecule has 0 spiro atoms. The lowest BCUT2D eigenvalue weighted by Gasteiger charge is -2.20. The van der Waals surface area contributed by atoms with Crippen LogP contribution >= 0.6 is 0 Å². The van der Waals surface area contributed by atoms with Crippen LogP contribution in [-0.2, 0) is 4.74 Å². The molecule has 1 aromatic rings. The molecule has 1 saturated carbocycles. The van der Waals surface area contributed by atoms with Gasteiger partial charge < -0.3 is 10.5 Å². The van der Waals surface area contributed by atoms with Gasteiger partial charge in [0.15, 0.2) is 0 Å². The summed E-state index contributed by atoms with van der Waals surface area (Å²) in [6.45, 7) is 10.1. The minimum Gasteiger partial charge on any atom is -0.444 e. The standard InChI is InChI=1S/C17H25FN2O2/c1-16(2,3)22-15(21)20-10-6-7-13(18)11(8-10)14-12(9-19)17(14,4)5/h6-8,12,14H,9,19H2,1-5H3,(H,20,21). The quantitative estimate of drug-likeness (QED) is 0.891. The lowest BCUT2D eigenvalue weighted by atomic mass is 10.0. The highest BCUT2D eigenvalue weighted by Crippen LogP contribution is 2.64. The molecule has 0 radical (unpaired) electrons. The van der Waals surface area contributed by atoms with Gasteiger partial charge in [0.25, 0.3) is 0 Å². The predicted molar refractivity (Wildman–Crippen MR) is 85.3 cm³/mol. The maximum absolute atomic E-state index is 14.1. The number of ether oxygens (including phenoxy) is 1. The fraction of sp³-hybridized carbons (Fsp3) is 0.588. The number of hydrogen-bond acceptors (Lipinski definition) is 3. The molecular formula is C17H25FN2O2. The Bertz CT molecular complexity index is 579. The normalized spacial score (nSPS) is 23.0. The van der Waals surface area contributed by atoms with Crippen LogP contribution in [0.5, 0.6) is 0 Å². The Morgan fingerprint density at radius 3 is 2.55 bits per heavy atom. The van der Waals surface area contributed by atoms with Crippen LogP contribution in [0, 0.1) is 17.2 Å². The highest BCUT2D eigenvalue weighted by molar-refractivity contribution is 5.85. The molecule has 1 fully saturated rings. The van der Waals surface area contributed by atoms with Gasteiger partial charge in [-0.2, -0.15) is 0 Å². The minimum absolute atomic E-state index is 0.0138. The molecule has 5 heteroatoms. The molecule has 2 atom stereocenters. The summed E-state index contributed by atoms with van der Waals surface area (Å²) in [5, 5.41) is 2.65. The van der Waals surface area contributed by atoms with Gasteiger partial charge in [0, 0.05) is 5.69 Å². The smallest absolute Gasteiger partial charge is 0.412 e. The van der Waals surface area contributed by atoms with Crippen molar-refractivity contribution in [1.82, 2.24) is 0 Å². The van der Waals surface area contributed by atoms with Crippen LogP contribution in [0.15, 0.2) is 18.2 Å². The van der Waals surface area contributed by atoms with Crippen molar-refractivity contribution in [3.05, 3.63) is 29.6 Å². The summed E-state index contributed by atoms with van der Waals surface area (Å²) in [6.07, 6.45) is -0.546. The Hall–Kier alpha value is -1.62. The summed E-state index contributed by atoms with van der Waals surface area (Å²) in [6, 6.07) is 4.60. The molecule has 2 unspecified atom stereocenters. The third-order valence-electron chi connectivity index (χ3n) is 4.28. The first-order valence-corrected chi connectivity index (χ1v) is 7.56. The van der Waals surface area contributed by atoms with Gasteiger partial charge in [0.2, 0.25) is 0 Å². The Morgan fingerprint density at radius 2 is 2.05 bits per heavy atom. The van der Waals surface area contributed by atoms with E-state index in [1.165, 1.54) is 12.1 Å². The molecule has 4 nitrogen and oxygen atoms in total. The first kappa shape index (κ1) is 16.7. The van der Waals surface area contributed by atoms with Gasteiger partial charge in [-0.15, -0.1) is 0 Å². The zero-order valence-electron chi connectivity index (χ0n) is 13.9. The lowest BCUT2D eigenvalue weighted by molar-refractivity contribution is 0.0636. The summed E-state index contributed by atoms with van der Waals surface area (Å²) < 4.78 is 19.3. The molecule has 2 rings (SSSR count). The first-order chi connectivity index (χ1) is 10.1. The topological polar surface area (TPSA) is 64.3 Å². The van der Waals surface area contributed by atoms with E-state index in [-0.39, 0.29) is 23.1 Å². The van der Waals surface area contributed by atoms with Gasteiger partial charge in [-0.25, -0.2) is 9.18 Å². The van der Waals surface area contributed by atoms with Crippen LogP contribution in [0.3, 0.4) is 0 Å². The summed E-state index contributed by atoms with van der Waals surface area (Å²) in [4.78, 5) is 11.8. The number of carbonyl (C=O) groups excluding carboxylic acids is 1. The van der Waals surface area contributed by atoms with Crippen LogP contribution in [0.25, 0.3) is 0 Å². The van der Waals surface area contributed by atoms with Gasteiger partial charge >= 0.3 is 6.09 Å². The second-order valence-electron chi connectivity index (χ2n) is 7.50. The number of carbonyl (C=O) groups is 1. The van der Waals surface area contributed by atoms with Gasteiger partial charge in [-0.3, -0.25) is 5.32 Å². The number of rotatable bonds is 3. The van der Waals surface area contributed by atoms with Crippen molar-refractivity contribution in [2.75, 3.05) is 11.9 Å². The number of halogens is 1. The third-order valence-corrected chi connectivity index (χ3v) is 4.28. The lowest BCUT2D eigenvalue weighted by Crippen LogP contribution is -2.27. The summed E-state index contributed by atoms with van der Waals surface area (Å²) in [7, 11) is 0. The Balaban J connectivity index is 2.17. The molecule has 1 amide bonds. The first-order valence-electron chi connectivity index (χ1n) is 7.56. The van der Waals surface area contributed by atoms with Crippen LogP contribution in [0.2, 0.25) is 0 Å². The van der Waals surface area contributed by atoms with Crippen molar-refractivity contribution in [2.24, 2.45) is 17.1 Å². The fourth-order valence-corrected chi connectivity index (χ4v) is 3.08. The van der Waals surface area contributed by atoms with E-state index in [0.717, 1.165) is 0 Å². The molecular weight excluding hydrogens is 283 g/mol. The summed E-state index contributed by atoms with van der Waals surface area (Å²) in [5.74, 6) is 0.0837. The molecule has 0 aliphatic heterocycles. The average Bonchev–Trinajstić information content (AvgIpc) is 2.91. The molecule has 0 saturated heterocycles. The number of amides is 1. The maximum Gasteiger partial charge on any atom is 0.412 e. The van der Waals surface area contributed by atoms with Gasteiger partial charge in [-0.05, 0) is 68.3 Å². The molecule has 1 aromatic carbocycles. The molecule has 0 bridgehead atoms. The van der Waals surface area contributed by atoms with E-state index in [9.17, 15) is 9.18 Å². The van der Waals surface area contributed by atoms with Crippen LogP contribution in [-0.4, -0.2) is 18.2 Å². The molecule has 0 aromatic heterocycles. The largest absolute Gasteiger partial charge is 0.444 e. The van der Waals surface area contributed by atoms with Crippen LogP contribution < -0.4 is 11.1 Å². The van der Waals surface area contributed by atoms with E-state index in [1.807, 2.05) is 0 Å². The van der Waals surface area contributed by atoms with E-state index < -0.39 is 11.7 Å². The number of nitrogens with two attached hydrogens (primary N) is 1. The second-order valence-corrected chi connectivity index (χ2v) is 7.50. The highest BCUT2D eigenvalue weighted by atomic mass is 19.1. The number of nitrogens with one attached hydrogen (secondary N) is 1. The van der Waals surface area contributed by atoms with E-state index >= 15 is 0 Å². The van der Waals surface area contributed by atoms with Crippen molar-refractivity contribution in [2.45, 2.75) is 46.1 Å². The Labute approximate surface area is 131 Å². The molecule has 0 heterocycles. The molecule has 1 aliphatic rings. The van der Waals surface area contributed by atoms with Crippen molar-refractivity contribution >= 4 is 11.8 Å². The van der Waals surface area contributed by atoms with Crippen molar-refractivity contribution in [3.63, 3.8) is 0 Å². The highest BCUT2D eigenvalue weighted by Gasteiger charge is 2.58. The zero-order chi connectivity index (χ0) is 16.7. The summed E-state index contributed by atoms with van der Waals surface area (Å²) >= 11 is 0. The van der Waals surface area contributed by atoms with E-state index in [4.69, 9.17) is 10.5 Å². The van der Waals surface area contributed by atoms with Crippen molar-refractivity contribution in [3.8, 4) is 0 Å². The zero-order valence-corrected chi connectivity index (χ0v) is 13.9. The minimum atomic E-state index is -0.573. The average molecular weight is 308 g/mol. The van der Waals surface area contributed by atoms with E-state index in [1.54, 1.807) is 26.8 Å². The molecule has 122 valence electrons. The molecule has 22 heavy (non-hydrogen) atoms. The van der Waals surface area contributed by atoms with E-state index in [0.29, 0.717) is 17.8 Å².